The third-order valence-electron chi connectivity index (χ3n) is 5.03. The van der Waals surface area contributed by atoms with Crippen LogP contribution in [0, 0.1) is 42.9 Å². The average Bonchev–Trinajstić information content (AvgIpc) is 2.81. The molecule has 0 aliphatic rings. The molecule has 0 radical (unpaired) electrons. The molecule has 0 saturated heterocycles. The van der Waals surface area contributed by atoms with Gasteiger partial charge in [0.15, 0.2) is 29.4 Å². The van der Waals surface area contributed by atoms with Crippen molar-refractivity contribution in [3.8, 4) is 11.5 Å². The van der Waals surface area contributed by atoms with Crippen molar-refractivity contribution in [1.82, 2.24) is 0 Å². The number of amides is 2. The van der Waals surface area contributed by atoms with E-state index in [0.29, 0.717) is 5.75 Å². The molecule has 190 valence electrons. The Bertz CT molecular complexity index is 1350. The van der Waals surface area contributed by atoms with Gasteiger partial charge in [-0.15, -0.1) is 0 Å². The number of halogens is 6. The van der Waals surface area contributed by atoms with Gasteiger partial charge in [-0.25, -0.2) is 22.0 Å². The van der Waals surface area contributed by atoms with Crippen molar-refractivity contribution in [3.63, 3.8) is 0 Å². The van der Waals surface area contributed by atoms with Crippen LogP contribution in [0.15, 0.2) is 30.3 Å². The number of carbonyl (C=O) groups is 2. The monoisotopic (exact) mass is 528 g/mol. The van der Waals surface area contributed by atoms with Crippen LogP contribution in [-0.2, 0) is 4.79 Å². The first-order chi connectivity index (χ1) is 16.8. The van der Waals surface area contributed by atoms with Gasteiger partial charge in [-0.1, -0.05) is 29.3 Å². The Morgan fingerprint density at radius 1 is 0.889 bits per heavy atom. The van der Waals surface area contributed by atoms with Gasteiger partial charge in [0.05, 0.1) is 16.4 Å². The standard InChI is InChI=1S/C24H18ClF5N2O4/c1-9-4-5-16(10(2)6-9)36-11(3)23(34)32-14-7-12(25)13(8-15(14)33)31-24(35)17-18(26)20(28)22(30)21(29)19(17)27/h4-8,11,33H,1-3H3,(H,31,35)(H,32,34). The molecule has 3 rings (SSSR count). The highest BCUT2D eigenvalue weighted by atomic mass is 35.5. The number of anilines is 2. The summed E-state index contributed by atoms with van der Waals surface area (Å²) < 4.78 is 73.4. The maximum Gasteiger partial charge on any atom is 0.265 e. The average molecular weight is 529 g/mol. The Morgan fingerprint density at radius 3 is 2.06 bits per heavy atom. The largest absolute Gasteiger partial charge is 0.506 e. The highest BCUT2D eigenvalue weighted by molar-refractivity contribution is 6.34. The number of ether oxygens (including phenoxy) is 1. The van der Waals surface area contributed by atoms with Crippen molar-refractivity contribution in [2.75, 3.05) is 10.6 Å². The van der Waals surface area contributed by atoms with E-state index in [1.54, 1.807) is 19.1 Å². The minimum atomic E-state index is -2.42. The zero-order chi connectivity index (χ0) is 26.9. The summed E-state index contributed by atoms with van der Waals surface area (Å²) in [6.45, 7) is 5.17. The molecule has 36 heavy (non-hydrogen) atoms. The van der Waals surface area contributed by atoms with Gasteiger partial charge in [0, 0.05) is 6.07 Å². The number of phenols is 1. The molecule has 2 amide bonds. The molecule has 0 heterocycles. The molecule has 12 heteroatoms. The van der Waals surface area contributed by atoms with Crippen LogP contribution >= 0.6 is 11.6 Å². The topological polar surface area (TPSA) is 87.7 Å². The van der Waals surface area contributed by atoms with Gasteiger partial charge in [-0.3, -0.25) is 9.59 Å². The minimum absolute atomic E-state index is 0.199. The van der Waals surface area contributed by atoms with E-state index in [-0.39, 0.29) is 10.7 Å². The molecule has 3 N–H and O–H groups in total. The normalized spacial score (nSPS) is 11.7. The summed E-state index contributed by atoms with van der Waals surface area (Å²) in [5, 5.41) is 14.2. The van der Waals surface area contributed by atoms with Crippen molar-refractivity contribution in [2.45, 2.75) is 26.9 Å². The zero-order valence-electron chi connectivity index (χ0n) is 18.9. The van der Waals surface area contributed by atoms with Gasteiger partial charge in [0.25, 0.3) is 11.8 Å². The number of aromatic hydroxyl groups is 1. The Labute approximate surface area is 206 Å². The summed E-state index contributed by atoms with van der Waals surface area (Å²) in [7, 11) is 0. The van der Waals surface area contributed by atoms with Gasteiger partial charge in [0.1, 0.15) is 17.1 Å². The second kappa shape index (κ2) is 10.4. The number of phenolic OH excluding ortho intramolecular Hbond substituents is 1. The molecule has 3 aromatic rings. The quantitative estimate of drug-likeness (QED) is 0.158. The van der Waals surface area contributed by atoms with E-state index < -0.39 is 64.0 Å². The van der Waals surface area contributed by atoms with Crippen molar-refractivity contribution in [3.05, 3.63) is 81.1 Å². The van der Waals surface area contributed by atoms with Gasteiger partial charge in [-0.2, -0.15) is 0 Å². The number of aryl methyl sites for hydroxylation is 2. The van der Waals surface area contributed by atoms with E-state index in [1.165, 1.54) is 6.92 Å². The SMILES string of the molecule is Cc1ccc(OC(C)C(=O)Nc2cc(Cl)c(NC(=O)c3c(F)c(F)c(F)c(F)c3F)cc2O)c(C)c1. The summed E-state index contributed by atoms with van der Waals surface area (Å²) in [6.07, 6.45) is -1.00. The summed E-state index contributed by atoms with van der Waals surface area (Å²) in [5.41, 5.74) is -0.564. The Morgan fingerprint density at radius 2 is 1.47 bits per heavy atom. The highest BCUT2D eigenvalue weighted by Gasteiger charge is 2.30. The molecule has 0 aliphatic heterocycles. The smallest absolute Gasteiger partial charge is 0.265 e. The second-order valence-corrected chi connectivity index (χ2v) is 8.17. The molecule has 0 aliphatic carbocycles. The predicted molar refractivity (Wildman–Crippen MR) is 122 cm³/mol. The third kappa shape index (κ3) is 5.35. The third-order valence-corrected chi connectivity index (χ3v) is 5.34. The van der Waals surface area contributed by atoms with Crippen LogP contribution in [0.5, 0.6) is 11.5 Å². The fourth-order valence-corrected chi connectivity index (χ4v) is 3.37. The molecule has 1 atom stereocenters. The van der Waals surface area contributed by atoms with Crippen molar-refractivity contribution < 1.29 is 41.4 Å². The molecular weight excluding hydrogens is 511 g/mol. The van der Waals surface area contributed by atoms with Gasteiger partial charge < -0.3 is 20.5 Å². The van der Waals surface area contributed by atoms with Crippen LogP contribution in [0.4, 0.5) is 33.3 Å². The van der Waals surface area contributed by atoms with Crippen LogP contribution in [-0.4, -0.2) is 23.0 Å². The lowest BCUT2D eigenvalue weighted by Gasteiger charge is -2.18. The molecule has 1 unspecified atom stereocenters. The van der Waals surface area contributed by atoms with Crippen molar-refractivity contribution >= 4 is 34.8 Å². The Hall–Kier alpha value is -3.86. The Kier molecular flexibility index (Phi) is 7.73. The maximum atomic E-state index is 13.9. The Balaban J connectivity index is 1.78. The number of hydrogen-bond acceptors (Lipinski definition) is 4. The van der Waals surface area contributed by atoms with Crippen LogP contribution < -0.4 is 15.4 Å². The minimum Gasteiger partial charge on any atom is -0.506 e. The predicted octanol–water partition coefficient (Wildman–Crippen LogP) is 6.02. The van der Waals surface area contributed by atoms with Gasteiger partial charge in [0.2, 0.25) is 5.82 Å². The summed E-state index contributed by atoms with van der Waals surface area (Å²) in [6, 6.07) is 7.19. The molecule has 0 fully saturated rings. The van der Waals surface area contributed by atoms with Crippen LogP contribution in [0.3, 0.4) is 0 Å². The number of hydrogen-bond donors (Lipinski definition) is 3. The lowest BCUT2D eigenvalue weighted by atomic mass is 10.1. The maximum absolute atomic E-state index is 13.9. The number of carbonyl (C=O) groups excluding carboxylic acids is 2. The fraction of sp³-hybridized carbons (Fsp3) is 0.167. The van der Waals surface area contributed by atoms with E-state index in [2.05, 4.69) is 5.32 Å². The van der Waals surface area contributed by atoms with E-state index >= 15 is 0 Å². The first-order valence-electron chi connectivity index (χ1n) is 10.2. The zero-order valence-corrected chi connectivity index (χ0v) is 19.7. The molecule has 3 aromatic carbocycles. The molecular formula is C24H18ClF5N2O4. The fourth-order valence-electron chi connectivity index (χ4n) is 3.16. The molecule has 0 bridgehead atoms. The lowest BCUT2D eigenvalue weighted by molar-refractivity contribution is -0.122. The number of benzene rings is 3. The first-order valence-corrected chi connectivity index (χ1v) is 10.6. The van der Waals surface area contributed by atoms with E-state index in [9.17, 15) is 36.6 Å². The molecule has 0 spiro atoms. The van der Waals surface area contributed by atoms with Crippen LogP contribution in [0.1, 0.15) is 28.4 Å². The van der Waals surface area contributed by atoms with Crippen molar-refractivity contribution in [2.24, 2.45) is 0 Å². The van der Waals surface area contributed by atoms with E-state index in [4.69, 9.17) is 16.3 Å². The lowest BCUT2D eigenvalue weighted by Crippen LogP contribution is -2.30. The molecule has 0 saturated carbocycles. The first kappa shape index (κ1) is 26.7. The van der Waals surface area contributed by atoms with Crippen LogP contribution in [0.2, 0.25) is 5.02 Å². The summed E-state index contributed by atoms with van der Waals surface area (Å²) >= 11 is 6.02. The van der Waals surface area contributed by atoms with E-state index in [1.807, 2.05) is 18.3 Å². The number of rotatable bonds is 6. The summed E-state index contributed by atoms with van der Waals surface area (Å²) in [5.74, 6) is -14.2. The summed E-state index contributed by atoms with van der Waals surface area (Å²) in [4.78, 5) is 24.8. The van der Waals surface area contributed by atoms with Gasteiger partial charge in [-0.05, 0) is 38.5 Å². The van der Waals surface area contributed by atoms with Crippen molar-refractivity contribution in [1.29, 1.82) is 0 Å². The highest BCUT2D eigenvalue weighted by Crippen LogP contribution is 2.35. The number of nitrogens with one attached hydrogen (secondary N) is 2. The van der Waals surface area contributed by atoms with E-state index in [0.717, 1.165) is 23.3 Å². The second-order valence-electron chi connectivity index (χ2n) is 7.77. The van der Waals surface area contributed by atoms with Crippen LogP contribution in [0.25, 0.3) is 0 Å². The van der Waals surface area contributed by atoms with Gasteiger partial charge >= 0.3 is 0 Å². The molecule has 6 nitrogen and oxygen atoms in total. The molecule has 0 aromatic heterocycles.